The number of fused-ring (bicyclic) bond motifs is 1. The van der Waals surface area contributed by atoms with Crippen LogP contribution in [0, 0.1) is 0 Å². The third-order valence-corrected chi connectivity index (χ3v) is 7.26. The molecule has 0 aliphatic carbocycles. The second-order valence-corrected chi connectivity index (χ2v) is 9.17. The topological polar surface area (TPSA) is 108 Å². The number of sulfonamides is 1. The Morgan fingerprint density at radius 1 is 1.10 bits per heavy atom. The lowest BCUT2D eigenvalue weighted by molar-refractivity contribution is 0.0997. The van der Waals surface area contributed by atoms with Crippen LogP contribution >= 0.6 is 0 Å². The molecule has 5 rings (SSSR count). The first-order chi connectivity index (χ1) is 15.0. The van der Waals surface area contributed by atoms with Crippen LogP contribution in [0.25, 0.3) is 0 Å². The molecule has 4 heterocycles. The van der Waals surface area contributed by atoms with Crippen molar-refractivity contribution >= 4 is 33.2 Å². The zero-order chi connectivity index (χ0) is 21.4. The summed E-state index contributed by atoms with van der Waals surface area (Å²) in [7, 11) is -3.71. The van der Waals surface area contributed by atoms with Crippen molar-refractivity contribution in [2.75, 3.05) is 40.7 Å². The van der Waals surface area contributed by atoms with Crippen molar-refractivity contribution in [1.29, 1.82) is 0 Å². The van der Waals surface area contributed by atoms with Crippen LogP contribution in [-0.4, -0.2) is 45.5 Å². The molecule has 2 aromatic heterocycles. The zero-order valence-electron chi connectivity index (χ0n) is 16.6. The lowest BCUT2D eigenvalue weighted by Crippen LogP contribution is -2.43. The molecular weight excluding hydrogens is 418 g/mol. The molecule has 0 unspecified atom stereocenters. The van der Waals surface area contributed by atoms with Gasteiger partial charge in [0.2, 0.25) is 5.88 Å². The Kier molecular flexibility index (Phi) is 4.87. The van der Waals surface area contributed by atoms with Gasteiger partial charge in [-0.1, -0.05) is 18.2 Å². The normalized spacial score (nSPS) is 17.4. The zero-order valence-corrected chi connectivity index (χ0v) is 17.4. The second-order valence-electron chi connectivity index (χ2n) is 7.34. The van der Waals surface area contributed by atoms with E-state index in [0.29, 0.717) is 11.3 Å². The standard InChI is InChI=1S/C21H21N5O4S/c27-21(24-16-13-23-8-7-17(16)25-11-9-22-10-12-25)18-5-6-20(30-18)26-14-15-3-1-2-4-19(15)31(26,28)29/h1-8,13,22H,9-12,14H2,(H,24,27). The molecule has 3 aromatic rings. The summed E-state index contributed by atoms with van der Waals surface area (Å²) in [5.41, 5.74) is 2.16. The molecule has 0 saturated carbocycles. The van der Waals surface area contributed by atoms with Crippen LogP contribution in [-0.2, 0) is 16.6 Å². The fourth-order valence-electron chi connectivity index (χ4n) is 3.87. The Labute approximate surface area is 179 Å². The summed E-state index contributed by atoms with van der Waals surface area (Å²) in [5.74, 6) is -0.337. The molecule has 1 fully saturated rings. The minimum absolute atomic E-state index is 0.0243. The van der Waals surface area contributed by atoms with Gasteiger partial charge in [0.15, 0.2) is 5.76 Å². The van der Waals surface area contributed by atoms with Gasteiger partial charge in [0.25, 0.3) is 15.9 Å². The SMILES string of the molecule is O=C(Nc1cnccc1N1CCNCC1)c1ccc(N2Cc3ccccc3S2(=O)=O)o1. The van der Waals surface area contributed by atoms with E-state index in [1.165, 1.54) is 16.4 Å². The quantitative estimate of drug-likeness (QED) is 0.641. The number of benzene rings is 1. The number of carbonyl (C=O) groups excluding carboxylic acids is 1. The summed E-state index contributed by atoms with van der Waals surface area (Å²) in [5, 5.41) is 6.14. The van der Waals surface area contributed by atoms with E-state index in [-0.39, 0.29) is 23.1 Å². The van der Waals surface area contributed by atoms with Crippen LogP contribution in [0.1, 0.15) is 16.1 Å². The van der Waals surface area contributed by atoms with Gasteiger partial charge in [-0.3, -0.25) is 9.78 Å². The monoisotopic (exact) mass is 439 g/mol. The Bertz CT molecular complexity index is 1230. The number of rotatable bonds is 4. The highest BCUT2D eigenvalue weighted by atomic mass is 32.2. The maximum absolute atomic E-state index is 12.8. The van der Waals surface area contributed by atoms with Gasteiger partial charge >= 0.3 is 0 Å². The Morgan fingerprint density at radius 2 is 1.90 bits per heavy atom. The molecule has 0 bridgehead atoms. The van der Waals surface area contributed by atoms with Crippen molar-refractivity contribution in [1.82, 2.24) is 10.3 Å². The predicted octanol–water partition coefficient (Wildman–Crippen LogP) is 2.05. The number of nitrogens with zero attached hydrogens (tertiary/aromatic N) is 3. The van der Waals surface area contributed by atoms with E-state index in [2.05, 4.69) is 20.5 Å². The maximum Gasteiger partial charge on any atom is 0.291 e. The number of hydrogen-bond donors (Lipinski definition) is 2. The summed E-state index contributed by atoms with van der Waals surface area (Å²) >= 11 is 0. The van der Waals surface area contributed by atoms with Crippen LogP contribution < -0.4 is 19.8 Å². The molecule has 0 spiro atoms. The fourth-order valence-corrected chi connectivity index (χ4v) is 5.47. The number of carbonyl (C=O) groups is 1. The summed E-state index contributed by atoms with van der Waals surface area (Å²) in [6, 6.07) is 11.7. The first kappa shape index (κ1) is 19.6. The summed E-state index contributed by atoms with van der Waals surface area (Å²) in [6.07, 6.45) is 3.29. The van der Waals surface area contributed by atoms with Crippen molar-refractivity contribution in [3.8, 4) is 0 Å². The van der Waals surface area contributed by atoms with Crippen LogP contribution in [0.2, 0.25) is 0 Å². The molecule has 2 aliphatic heterocycles. The van der Waals surface area contributed by atoms with Gasteiger partial charge in [-0.2, -0.15) is 0 Å². The van der Waals surface area contributed by atoms with Gasteiger partial charge in [0.1, 0.15) is 0 Å². The van der Waals surface area contributed by atoms with Gasteiger partial charge in [0.05, 0.1) is 29.0 Å². The largest absolute Gasteiger partial charge is 0.434 e. The highest BCUT2D eigenvalue weighted by molar-refractivity contribution is 7.93. The Balaban J connectivity index is 1.36. The average Bonchev–Trinajstić information content (AvgIpc) is 3.38. The van der Waals surface area contributed by atoms with Gasteiger partial charge in [0, 0.05) is 38.4 Å². The summed E-state index contributed by atoms with van der Waals surface area (Å²) < 4.78 is 32.5. The molecule has 1 aromatic carbocycles. The smallest absolute Gasteiger partial charge is 0.291 e. The van der Waals surface area contributed by atoms with Gasteiger partial charge < -0.3 is 20.0 Å². The molecule has 1 amide bonds. The van der Waals surface area contributed by atoms with Gasteiger partial charge in [-0.25, -0.2) is 12.7 Å². The molecular formula is C21H21N5O4S. The number of nitrogens with one attached hydrogen (secondary N) is 2. The lowest BCUT2D eigenvalue weighted by atomic mass is 10.2. The third-order valence-electron chi connectivity index (χ3n) is 5.42. The van der Waals surface area contributed by atoms with Crippen LogP contribution in [0.3, 0.4) is 0 Å². The highest BCUT2D eigenvalue weighted by Gasteiger charge is 2.36. The third kappa shape index (κ3) is 3.53. The van der Waals surface area contributed by atoms with E-state index >= 15 is 0 Å². The number of hydrogen-bond acceptors (Lipinski definition) is 7. The van der Waals surface area contributed by atoms with Crippen molar-refractivity contribution in [3.63, 3.8) is 0 Å². The van der Waals surface area contributed by atoms with Crippen molar-refractivity contribution < 1.29 is 17.6 Å². The summed E-state index contributed by atoms with van der Waals surface area (Å²) in [6.45, 7) is 3.55. The van der Waals surface area contributed by atoms with E-state index in [4.69, 9.17) is 4.42 Å². The Morgan fingerprint density at radius 3 is 2.71 bits per heavy atom. The molecule has 0 atom stereocenters. The van der Waals surface area contributed by atoms with Crippen molar-refractivity contribution in [2.45, 2.75) is 11.4 Å². The fraction of sp³-hybridized carbons (Fsp3) is 0.238. The van der Waals surface area contributed by atoms with Crippen molar-refractivity contribution in [3.05, 3.63) is 66.2 Å². The number of anilines is 3. The van der Waals surface area contributed by atoms with E-state index in [0.717, 1.165) is 31.9 Å². The van der Waals surface area contributed by atoms with Gasteiger partial charge in [-0.15, -0.1) is 0 Å². The number of piperazine rings is 1. The molecule has 2 aliphatic rings. The molecule has 0 radical (unpaired) electrons. The molecule has 9 nitrogen and oxygen atoms in total. The Hall–Kier alpha value is -3.37. The number of pyridine rings is 1. The molecule has 160 valence electrons. The minimum atomic E-state index is -3.71. The van der Waals surface area contributed by atoms with Crippen molar-refractivity contribution in [2.24, 2.45) is 0 Å². The summed E-state index contributed by atoms with van der Waals surface area (Å²) in [4.78, 5) is 19.4. The van der Waals surface area contributed by atoms with Crippen LogP contribution in [0.5, 0.6) is 0 Å². The lowest BCUT2D eigenvalue weighted by Gasteiger charge is -2.30. The molecule has 31 heavy (non-hydrogen) atoms. The molecule has 2 N–H and O–H groups in total. The number of aromatic nitrogens is 1. The number of amides is 1. The first-order valence-electron chi connectivity index (χ1n) is 9.95. The minimum Gasteiger partial charge on any atom is -0.434 e. The maximum atomic E-state index is 12.8. The second kappa shape index (κ2) is 7.71. The van der Waals surface area contributed by atoms with E-state index < -0.39 is 15.9 Å². The predicted molar refractivity (Wildman–Crippen MR) is 116 cm³/mol. The first-order valence-corrected chi connectivity index (χ1v) is 11.4. The van der Waals surface area contributed by atoms with Crippen LogP contribution in [0.15, 0.2) is 64.2 Å². The van der Waals surface area contributed by atoms with Crippen LogP contribution in [0.4, 0.5) is 17.3 Å². The highest BCUT2D eigenvalue weighted by Crippen LogP contribution is 2.35. The van der Waals surface area contributed by atoms with E-state index in [1.54, 1.807) is 36.7 Å². The average molecular weight is 439 g/mol. The number of furan rings is 1. The van der Waals surface area contributed by atoms with Gasteiger partial charge in [-0.05, 0) is 23.8 Å². The molecule has 1 saturated heterocycles. The van der Waals surface area contributed by atoms with E-state index in [9.17, 15) is 13.2 Å². The van der Waals surface area contributed by atoms with E-state index in [1.807, 2.05) is 6.07 Å². The molecule has 10 heteroatoms.